The molecule has 1 atom stereocenters. The predicted molar refractivity (Wildman–Crippen MR) is 133 cm³/mol. The van der Waals surface area contributed by atoms with Crippen LogP contribution in [0, 0.1) is 11.3 Å². The molecule has 0 unspecified atom stereocenters. The first-order chi connectivity index (χ1) is 16.5. The van der Waals surface area contributed by atoms with Gasteiger partial charge in [-0.05, 0) is 30.5 Å². The number of allylic oxidation sites excluding steroid dienone is 2. The van der Waals surface area contributed by atoms with Crippen LogP contribution in [0.15, 0.2) is 76.5 Å². The summed E-state index contributed by atoms with van der Waals surface area (Å²) in [4.78, 5) is 25.3. The standard InChI is InChI=1S/C26H25ClN2O4S/c1-3-13-32-22(30)16-34-25-20(14-28)24(19-11-7-8-12-21(19)27)23(17(2)29-25)26(31)33-15-18-9-5-4-6-10-18/h4-12,24,29H,3,13,15-16H2,1-2H3/t24-/m0/s1. The van der Waals surface area contributed by atoms with Crippen molar-refractivity contribution in [3.05, 3.63) is 92.6 Å². The number of carbonyl (C=O) groups excluding carboxylic acids is 2. The van der Waals surface area contributed by atoms with Gasteiger partial charge in [0.25, 0.3) is 0 Å². The normalized spacial score (nSPS) is 15.4. The summed E-state index contributed by atoms with van der Waals surface area (Å²) in [5, 5.41) is 14.1. The van der Waals surface area contributed by atoms with Crippen LogP contribution in [0.3, 0.4) is 0 Å². The third-order valence-corrected chi connectivity index (χ3v) is 6.43. The Balaban J connectivity index is 1.94. The van der Waals surface area contributed by atoms with Crippen LogP contribution >= 0.6 is 23.4 Å². The second kappa shape index (κ2) is 12.3. The zero-order valence-corrected chi connectivity index (χ0v) is 20.5. The van der Waals surface area contributed by atoms with E-state index in [1.54, 1.807) is 31.2 Å². The van der Waals surface area contributed by atoms with Crippen molar-refractivity contribution in [3.8, 4) is 6.07 Å². The van der Waals surface area contributed by atoms with Crippen LogP contribution in [-0.2, 0) is 25.7 Å². The number of hydrogen-bond acceptors (Lipinski definition) is 7. The fourth-order valence-electron chi connectivity index (χ4n) is 3.51. The van der Waals surface area contributed by atoms with E-state index in [0.717, 1.165) is 23.7 Å². The number of nitrogens with one attached hydrogen (secondary N) is 1. The smallest absolute Gasteiger partial charge is 0.337 e. The van der Waals surface area contributed by atoms with Crippen LogP contribution in [0.5, 0.6) is 0 Å². The topological polar surface area (TPSA) is 88.4 Å². The van der Waals surface area contributed by atoms with Crippen molar-refractivity contribution in [2.75, 3.05) is 12.4 Å². The van der Waals surface area contributed by atoms with Crippen molar-refractivity contribution in [3.63, 3.8) is 0 Å². The van der Waals surface area contributed by atoms with Gasteiger partial charge in [-0.15, -0.1) is 0 Å². The van der Waals surface area contributed by atoms with E-state index in [2.05, 4.69) is 11.4 Å². The van der Waals surface area contributed by atoms with E-state index in [0.29, 0.717) is 39.1 Å². The van der Waals surface area contributed by atoms with Crippen molar-refractivity contribution in [1.82, 2.24) is 5.32 Å². The molecule has 0 aromatic heterocycles. The molecule has 1 heterocycles. The summed E-state index contributed by atoms with van der Waals surface area (Å²) < 4.78 is 10.7. The molecule has 2 aromatic rings. The highest BCUT2D eigenvalue weighted by Gasteiger charge is 2.36. The number of carbonyl (C=O) groups is 2. The van der Waals surface area contributed by atoms with Gasteiger partial charge in [-0.25, -0.2) is 4.79 Å². The van der Waals surface area contributed by atoms with Crippen molar-refractivity contribution in [1.29, 1.82) is 5.26 Å². The van der Waals surface area contributed by atoms with Crippen LogP contribution in [0.1, 0.15) is 37.3 Å². The molecule has 1 N–H and O–H groups in total. The van der Waals surface area contributed by atoms with Gasteiger partial charge in [-0.1, -0.05) is 78.8 Å². The van der Waals surface area contributed by atoms with E-state index >= 15 is 0 Å². The number of thioether (sulfide) groups is 1. The van der Waals surface area contributed by atoms with Gasteiger partial charge in [-0.2, -0.15) is 5.26 Å². The molecule has 0 fully saturated rings. The highest BCUT2D eigenvalue weighted by molar-refractivity contribution is 8.03. The molecule has 176 valence electrons. The average molecular weight is 497 g/mol. The molecule has 6 nitrogen and oxygen atoms in total. The molecule has 0 aliphatic carbocycles. The summed E-state index contributed by atoms with van der Waals surface area (Å²) in [7, 11) is 0. The van der Waals surface area contributed by atoms with Crippen molar-refractivity contribution in [2.45, 2.75) is 32.8 Å². The van der Waals surface area contributed by atoms with Crippen LogP contribution in [-0.4, -0.2) is 24.3 Å². The average Bonchev–Trinajstić information content (AvgIpc) is 2.85. The Morgan fingerprint density at radius 2 is 1.82 bits per heavy atom. The van der Waals surface area contributed by atoms with Crippen LogP contribution < -0.4 is 5.32 Å². The number of nitrogens with zero attached hydrogens (tertiary/aromatic N) is 1. The summed E-state index contributed by atoms with van der Waals surface area (Å²) in [5.74, 6) is -1.62. The highest BCUT2D eigenvalue weighted by atomic mass is 35.5. The minimum absolute atomic E-state index is 0.0316. The Labute approximate surface area is 208 Å². The van der Waals surface area contributed by atoms with E-state index in [-0.39, 0.29) is 18.3 Å². The van der Waals surface area contributed by atoms with Crippen molar-refractivity contribution in [2.24, 2.45) is 0 Å². The zero-order valence-electron chi connectivity index (χ0n) is 19.0. The van der Waals surface area contributed by atoms with Gasteiger partial charge < -0.3 is 14.8 Å². The molecule has 1 aliphatic rings. The molecular formula is C26H25ClN2O4S. The van der Waals surface area contributed by atoms with Crippen LogP contribution in [0.4, 0.5) is 0 Å². The van der Waals surface area contributed by atoms with E-state index in [1.165, 1.54) is 0 Å². The highest BCUT2D eigenvalue weighted by Crippen LogP contribution is 2.43. The summed E-state index contributed by atoms with van der Waals surface area (Å²) in [5.41, 5.74) is 2.59. The minimum Gasteiger partial charge on any atom is -0.465 e. The van der Waals surface area contributed by atoms with E-state index in [4.69, 9.17) is 21.1 Å². The molecule has 8 heteroatoms. The molecule has 0 saturated carbocycles. The number of benzene rings is 2. The lowest BCUT2D eigenvalue weighted by molar-refractivity contribution is -0.141. The quantitative estimate of drug-likeness (QED) is 0.461. The first-order valence-electron chi connectivity index (χ1n) is 10.8. The van der Waals surface area contributed by atoms with Gasteiger partial charge in [-0.3, -0.25) is 4.79 Å². The minimum atomic E-state index is -0.739. The van der Waals surface area contributed by atoms with Gasteiger partial charge in [0, 0.05) is 10.7 Å². The van der Waals surface area contributed by atoms with Crippen LogP contribution in [0.25, 0.3) is 0 Å². The summed E-state index contributed by atoms with van der Waals surface area (Å²) >= 11 is 7.66. The predicted octanol–water partition coefficient (Wildman–Crippen LogP) is 5.47. The second-order valence-electron chi connectivity index (χ2n) is 7.54. The molecule has 3 rings (SSSR count). The fraction of sp³-hybridized carbons (Fsp3) is 0.269. The van der Waals surface area contributed by atoms with Gasteiger partial charge in [0.2, 0.25) is 0 Å². The molecule has 0 saturated heterocycles. The number of nitriles is 1. The molecule has 0 radical (unpaired) electrons. The molecule has 34 heavy (non-hydrogen) atoms. The van der Waals surface area contributed by atoms with E-state index in [9.17, 15) is 14.9 Å². The Morgan fingerprint density at radius 1 is 1.12 bits per heavy atom. The van der Waals surface area contributed by atoms with Gasteiger partial charge in [0.15, 0.2) is 0 Å². The van der Waals surface area contributed by atoms with Gasteiger partial charge >= 0.3 is 11.9 Å². The maximum atomic E-state index is 13.3. The Morgan fingerprint density at radius 3 is 2.50 bits per heavy atom. The molecule has 0 spiro atoms. The third-order valence-electron chi connectivity index (χ3n) is 5.10. The number of dihydropyridines is 1. The first-order valence-corrected chi connectivity index (χ1v) is 12.2. The molecule has 0 bridgehead atoms. The third kappa shape index (κ3) is 6.22. The first kappa shape index (κ1) is 25.4. The Hall–Kier alpha value is -3.21. The van der Waals surface area contributed by atoms with Crippen LogP contribution in [0.2, 0.25) is 5.02 Å². The largest absolute Gasteiger partial charge is 0.465 e. The second-order valence-corrected chi connectivity index (χ2v) is 8.94. The summed E-state index contributed by atoms with van der Waals surface area (Å²) in [6.45, 7) is 4.10. The van der Waals surface area contributed by atoms with E-state index in [1.807, 2.05) is 37.3 Å². The number of esters is 2. The lowest BCUT2D eigenvalue weighted by Crippen LogP contribution is -2.29. The molecular weight excluding hydrogens is 472 g/mol. The molecule has 0 amide bonds. The number of hydrogen-bond donors (Lipinski definition) is 1. The number of rotatable bonds is 9. The van der Waals surface area contributed by atoms with Gasteiger partial charge in [0.05, 0.1) is 40.5 Å². The molecule has 1 aliphatic heterocycles. The summed E-state index contributed by atoms with van der Waals surface area (Å²) in [6, 6.07) is 18.7. The monoisotopic (exact) mass is 496 g/mol. The maximum absolute atomic E-state index is 13.3. The van der Waals surface area contributed by atoms with Gasteiger partial charge in [0.1, 0.15) is 6.61 Å². The maximum Gasteiger partial charge on any atom is 0.337 e. The SMILES string of the molecule is CCCOC(=O)CSC1=C(C#N)[C@H](c2ccccc2Cl)C(C(=O)OCc2ccccc2)=C(C)N1. The number of halogens is 1. The fourth-order valence-corrected chi connectivity index (χ4v) is 4.64. The van der Waals surface area contributed by atoms with E-state index < -0.39 is 11.9 Å². The van der Waals surface area contributed by atoms with Crippen molar-refractivity contribution < 1.29 is 19.1 Å². The van der Waals surface area contributed by atoms with Crippen molar-refractivity contribution >= 4 is 35.3 Å². The molecule has 2 aromatic carbocycles. The lowest BCUT2D eigenvalue weighted by atomic mass is 9.82. The number of ether oxygens (including phenoxy) is 2. The summed E-state index contributed by atoms with van der Waals surface area (Å²) in [6.07, 6.45) is 0.728. The zero-order chi connectivity index (χ0) is 24.5. The Bertz CT molecular complexity index is 1150. The Kier molecular flexibility index (Phi) is 9.20. The lowest BCUT2D eigenvalue weighted by Gasteiger charge is -2.29.